The molecule has 0 saturated heterocycles. The van der Waals surface area contributed by atoms with Gasteiger partial charge in [0.1, 0.15) is 0 Å². The summed E-state index contributed by atoms with van der Waals surface area (Å²) in [5.74, 6) is 0. The van der Waals surface area contributed by atoms with Crippen LogP contribution in [-0.4, -0.2) is 0 Å². The van der Waals surface area contributed by atoms with Crippen LogP contribution in [0.2, 0.25) is 0 Å². The number of hydrogen-bond donors (Lipinski definition) is 0. The number of aryl methyl sites for hydroxylation is 1. The zero-order chi connectivity index (χ0) is 25.2. The molecule has 0 saturated carbocycles. The molecule has 8 rings (SSSR count). The van der Waals surface area contributed by atoms with Crippen molar-refractivity contribution in [3.63, 3.8) is 0 Å². The summed E-state index contributed by atoms with van der Waals surface area (Å²) in [5.41, 5.74) is 4.83. The van der Waals surface area contributed by atoms with Crippen LogP contribution in [0.4, 0.5) is 17.1 Å². The standard InChI is InChI=1S/C37H25N/c1-24-10-11-27-15-20-34-35(21-16-28-14-19-33(24)36(27)37(28)34)38(31-17-12-25-6-2-4-8-29(25)22-31)32-18-13-26-7-3-5-9-30(26)23-32/h2-23H,1H3. The first-order valence-electron chi connectivity index (χ1n) is 13.2. The van der Waals surface area contributed by atoms with Crippen LogP contribution in [0.15, 0.2) is 133 Å². The van der Waals surface area contributed by atoms with Crippen LogP contribution in [0.3, 0.4) is 0 Å². The highest BCUT2D eigenvalue weighted by molar-refractivity contribution is 6.26. The van der Waals surface area contributed by atoms with Gasteiger partial charge in [-0.15, -0.1) is 0 Å². The van der Waals surface area contributed by atoms with Gasteiger partial charge < -0.3 is 4.90 Å². The van der Waals surface area contributed by atoms with E-state index in [4.69, 9.17) is 0 Å². The van der Waals surface area contributed by atoms with E-state index in [0.29, 0.717) is 0 Å². The van der Waals surface area contributed by atoms with E-state index in [0.717, 1.165) is 11.4 Å². The molecule has 0 N–H and O–H groups in total. The van der Waals surface area contributed by atoms with Crippen molar-refractivity contribution in [3.05, 3.63) is 139 Å². The molecule has 0 aliphatic carbocycles. The van der Waals surface area contributed by atoms with E-state index >= 15 is 0 Å². The third-order valence-corrected chi connectivity index (χ3v) is 8.08. The Morgan fingerprint density at radius 2 is 0.868 bits per heavy atom. The molecule has 0 atom stereocenters. The highest BCUT2D eigenvalue weighted by Gasteiger charge is 2.19. The van der Waals surface area contributed by atoms with Crippen molar-refractivity contribution in [2.45, 2.75) is 6.92 Å². The van der Waals surface area contributed by atoms with Crippen molar-refractivity contribution < 1.29 is 0 Å². The molecule has 0 radical (unpaired) electrons. The lowest BCUT2D eigenvalue weighted by atomic mass is 9.91. The summed E-state index contributed by atoms with van der Waals surface area (Å²) in [4.78, 5) is 2.43. The van der Waals surface area contributed by atoms with Crippen LogP contribution in [0.1, 0.15) is 5.56 Å². The number of fused-ring (bicyclic) bond motifs is 2. The van der Waals surface area contributed by atoms with E-state index in [-0.39, 0.29) is 0 Å². The summed E-state index contributed by atoms with van der Waals surface area (Å²) in [6, 6.07) is 49.0. The van der Waals surface area contributed by atoms with Crippen LogP contribution < -0.4 is 4.90 Å². The average Bonchev–Trinajstić information content (AvgIpc) is 2.97. The molecule has 0 heterocycles. The van der Waals surface area contributed by atoms with Gasteiger partial charge in [-0.1, -0.05) is 103 Å². The summed E-state index contributed by atoms with van der Waals surface area (Å²) < 4.78 is 0. The van der Waals surface area contributed by atoms with Gasteiger partial charge in [0.2, 0.25) is 0 Å². The Hall–Kier alpha value is -4.88. The van der Waals surface area contributed by atoms with Gasteiger partial charge in [-0.25, -0.2) is 0 Å². The molecule has 0 fully saturated rings. The number of nitrogens with zero attached hydrogens (tertiary/aromatic N) is 1. The molecular formula is C37H25N. The third-order valence-electron chi connectivity index (χ3n) is 8.08. The van der Waals surface area contributed by atoms with Gasteiger partial charge >= 0.3 is 0 Å². The molecule has 0 amide bonds. The third kappa shape index (κ3) is 3.12. The average molecular weight is 484 g/mol. The van der Waals surface area contributed by atoms with Crippen molar-refractivity contribution in [1.29, 1.82) is 0 Å². The minimum atomic E-state index is 1.16. The quantitative estimate of drug-likeness (QED) is 0.226. The van der Waals surface area contributed by atoms with Crippen molar-refractivity contribution >= 4 is 70.9 Å². The van der Waals surface area contributed by atoms with E-state index in [9.17, 15) is 0 Å². The summed E-state index contributed by atoms with van der Waals surface area (Å²) in [5, 5.41) is 12.9. The first kappa shape index (κ1) is 21.2. The van der Waals surface area contributed by atoms with Gasteiger partial charge in [-0.3, -0.25) is 0 Å². The second kappa shape index (κ2) is 8.06. The summed E-state index contributed by atoms with van der Waals surface area (Å²) in [7, 11) is 0. The molecule has 8 aromatic rings. The summed E-state index contributed by atoms with van der Waals surface area (Å²) >= 11 is 0. The van der Waals surface area contributed by atoms with Crippen LogP contribution in [0.5, 0.6) is 0 Å². The summed E-state index contributed by atoms with van der Waals surface area (Å²) in [6.07, 6.45) is 0. The van der Waals surface area contributed by atoms with Gasteiger partial charge in [0.15, 0.2) is 0 Å². The maximum absolute atomic E-state index is 2.43. The Kier molecular flexibility index (Phi) is 4.50. The maximum Gasteiger partial charge on any atom is 0.0540 e. The topological polar surface area (TPSA) is 3.24 Å². The SMILES string of the molecule is Cc1ccc2ccc3c(N(c4ccc5ccccc5c4)c4ccc5ccccc5c4)ccc4ccc1c2c43. The van der Waals surface area contributed by atoms with Gasteiger partial charge in [0, 0.05) is 16.8 Å². The molecule has 0 aliphatic heterocycles. The molecule has 178 valence electrons. The Morgan fingerprint density at radius 1 is 0.395 bits per heavy atom. The van der Waals surface area contributed by atoms with Crippen molar-refractivity contribution in [3.8, 4) is 0 Å². The molecule has 1 heteroatoms. The van der Waals surface area contributed by atoms with Gasteiger partial charge in [-0.05, 0) is 91.3 Å². The predicted octanol–water partition coefficient (Wildman–Crippen LogP) is 10.7. The number of rotatable bonds is 3. The minimum Gasteiger partial charge on any atom is -0.310 e. The lowest BCUT2D eigenvalue weighted by Crippen LogP contribution is -2.10. The van der Waals surface area contributed by atoms with E-state index in [1.165, 1.54) is 65.1 Å². The van der Waals surface area contributed by atoms with Crippen molar-refractivity contribution in [2.75, 3.05) is 4.90 Å². The van der Waals surface area contributed by atoms with Gasteiger partial charge in [0.05, 0.1) is 5.69 Å². The Morgan fingerprint density at radius 3 is 1.50 bits per heavy atom. The number of hydrogen-bond acceptors (Lipinski definition) is 1. The van der Waals surface area contributed by atoms with E-state index in [1.807, 2.05) is 0 Å². The Bertz CT molecular complexity index is 2070. The molecule has 0 aliphatic rings. The lowest BCUT2D eigenvalue weighted by Gasteiger charge is -2.28. The molecule has 0 bridgehead atoms. The van der Waals surface area contributed by atoms with Crippen LogP contribution in [-0.2, 0) is 0 Å². The monoisotopic (exact) mass is 483 g/mol. The molecular weight excluding hydrogens is 458 g/mol. The zero-order valence-electron chi connectivity index (χ0n) is 21.1. The van der Waals surface area contributed by atoms with E-state index in [2.05, 4.69) is 145 Å². The molecule has 0 spiro atoms. The maximum atomic E-state index is 2.43. The first-order chi connectivity index (χ1) is 18.7. The van der Waals surface area contributed by atoms with Crippen LogP contribution in [0, 0.1) is 6.92 Å². The van der Waals surface area contributed by atoms with E-state index in [1.54, 1.807) is 0 Å². The van der Waals surface area contributed by atoms with Crippen LogP contribution >= 0.6 is 0 Å². The molecule has 38 heavy (non-hydrogen) atoms. The Balaban J connectivity index is 1.47. The molecule has 0 aromatic heterocycles. The van der Waals surface area contributed by atoms with Crippen molar-refractivity contribution in [2.24, 2.45) is 0 Å². The smallest absolute Gasteiger partial charge is 0.0540 e. The van der Waals surface area contributed by atoms with Gasteiger partial charge in [-0.2, -0.15) is 0 Å². The zero-order valence-corrected chi connectivity index (χ0v) is 21.1. The van der Waals surface area contributed by atoms with Crippen LogP contribution in [0.25, 0.3) is 53.9 Å². The highest BCUT2D eigenvalue weighted by Crippen LogP contribution is 2.45. The van der Waals surface area contributed by atoms with Crippen molar-refractivity contribution in [1.82, 2.24) is 0 Å². The summed E-state index contributed by atoms with van der Waals surface area (Å²) in [6.45, 7) is 2.21. The number of anilines is 3. The largest absolute Gasteiger partial charge is 0.310 e. The molecule has 0 unspecified atom stereocenters. The van der Waals surface area contributed by atoms with E-state index < -0.39 is 0 Å². The molecule has 8 aromatic carbocycles. The second-order valence-corrected chi connectivity index (χ2v) is 10.3. The fraction of sp³-hybridized carbons (Fsp3) is 0.0270. The first-order valence-corrected chi connectivity index (χ1v) is 13.2. The van der Waals surface area contributed by atoms with Gasteiger partial charge in [0.25, 0.3) is 0 Å². The highest BCUT2D eigenvalue weighted by atomic mass is 15.1. The number of benzene rings is 8. The lowest BCUT2D eigenvalue weighted by molar-refractivity contribution is 1.31. The normalized spacial score (nSPS) is 11.8. The fourth-order valence-electron chi connectivity index (χ4n) is 6.19. The molecule has 1 nitrogen and oxygen atoms in total. The second-order valence-electron chi connectivity index (χ2n) is 10.3. The minimum absolute atomic E-state index is 1.16. The predicted molar refractivity (Wildman–Crippen MR) is 165 cm³/mol. The fourth-order valence-corrected chi connectivity index (χ4v) is 6.19. The Labute approximate surface area is 221 Å².